The Morgan fingerprint density at radius 3 is 2.80 bits per heavy atom. The molecule has 0 radical (unpaired) electrons. The van der Waals surface area contributed by atoms with Crippen molar-refractivity contribution < 1.29 is 19.0 Å². The van der Waals surface area contributed by atoms with Gasteiger partial charge in [0.25, 0.3) is 0 Å². The zero-order valence-corrected chi connectivity index (χ0v) is 11.7. The quantitative estimate of drug-likeness (QED) is 0.795. The van der Waals surface area contributed by atoms with Gasteiger partial charge in [-0.15, -0.1) is 0 Å². The minimum Gasteiger partial charge on any atom is -0.486 e. The number of benzene rings is 1. The lowest BCUT2D eigenvalue weighted by Crippen LogP contribution is -2.30. The van der Waals surface area contributed by atoms with Crippen molar-refractivity contribution in [1.29, 1.82) is 0 Å². The number of rotatable bonds is 3. The molecule has 0 amide bonds. The summed E-state index contributed by atoms with van der Waals surface area (Å²) in [6.45, 7) is 4.04. The number of ether oxygens (including phenoxy) is 3. The Morgan fingerprint density at radius 2 is 2.10 bits per heavy atom. The molecule has 0 N–H and O–H groups in total. The van der Waals surface area contributed by atoms with Gasteiger partial charge in [0, 0.05) is 25.5 Å². The highest BCUT2D eigenvalue weighted by molar-refractivity contribution is 5.67. The van der Waals surface area contributed by atoms with Gasteiger partial charge in [-0.1, -0.05) is 24.3 Å². The van der Waals surface area contributed by atoms with Crippen LogP contribution in [0.1, 0.15) is 43.6 Å². The number of fused-ring (bicyclic) bond motifs is 4. The molecule has 106 valence electrons. The molecule has 3 rings (SSSR count). The second kappa shape index (κ2) is 5.29. The molecule has 2 aliphatic rings. The van der Waals surface area contributed by atoms with Gasteiger partial charge in [-0.2, -0.15) is 0 Å². The van der Waals surface area contributed by atoms with Crippen molar-refractivity contribution in [3.63, 3.8) is 0 Å². The number of carbonyl (C=O) groups is 1. The first kappa shape index (κ1) is 13.2. The first-order chi connectivity index (χ1) is 9.69. The first-order valence-electron chi connectivity index (χ1n) is 6.95. The van der Waals surface area contributed by atoms with E-state index in [2.05, 4.69) is 0 Å². The van der Waals surface area contributed by atoms with Crippen LogP contribution in [0.15, 0.2) is 36.1 Å². The molecule has 2 aliphatic heterocycles. The molecule has 4 heteroatoms. The van der Waals surface area contributed by atoms with Gasteiger partial charge >= 0.3 is 5.97 Å². The predicted molar refractivity (Wildman–Crippen MR) is 72.9 cm³/mol. The highest BCUT2D eigenvalue weighted by atomic mass is 16.6. The molecule has 2 heterocycles. The SMILES string of the molecule is CCO[C@H]1C=C2O[C@H](C1)c1ccccc1[C@H]2OC(C)=O. The van der Waals surface area contributed by atoms with Gasteiger partial charge in [-0.3, -0.25) is 4.79 Å². The van der Waals surface area contributed by atoms with Gasteiger partial charge < -0.3 is 14.2 Å². The van der Waals surface area contributed by atoms with Crippen LogP contribution in [0.3, 0.4) is 0 Å². The normalized spacial score (nSPS) is 27.1. The summed E-state index contributed by atoms with van der Waals surface area (Å²) in [7, 11) is 0. The number of carbonyl (C=O) groups excluding carboxylic acids is 1. The summed E-state index contributed by atoms with van der Waals surface area (Å²) >= 11 is 0. The van der Waals surface area contributed by atoms with Crippen LogP contribution < -0.4 is 0 Å². The van der Waals surface area contributed by atoms with Crippen molar-refractivity contribution in [3.05, 3.63) is 47.2 Å². The molecular weight excluding hydrogens is 256 g/mol. The van der Waals surface area contributed by atoms with Gasteiger partial charge in [-0.05, 0) is 18.6 Å². The van der Waals surface area contributed by atoms with Gasteiger partial charge in [0.2, 0.25) is 0 Å². The Bertz CT molecular complexity index is 549. The van der Waals surface area contributed by atoms with Crippen LogP contribution in [-0.4, -0.2) is 18.7 Å². The fourth-order valence-corrected chi connectivity index (χ4v) is 2.87. The van der Waals surface area contributed by atoms with Crippen molar-refractivity contribution in [1.82, 2.24) is 0 Å². The molecule has 0 spiro atoms. The van der Waals surface area contributed by atoms with Crippen LogP contribution in [0.25, 0.3) is 0 Å². The third-order valence-electron chi connectivity index (χ3n) is 3.62. The lowest BCUT2D eigenvalue weighted by atomic mass is 9.87. The highest BCUT2D eigenvalue weighted by Gasteiger charge is 2.38. The van der Waals surface area contributed by atoms with Crippen LogP contribution in [-0.2, 0) is 19.0 Å². The smallest absolute Gasteiger partial charge is 0.303 e. The fraction of sp³-hybridized carbons (Fsp3) is 0.438. The van der Waals surface area contributed by atoms with Crippen LogP contribution >= 0.6 is 0 Å². The second-order valence-corrected chi connectivity index (χ2v) is 5.02. The summed E-state index contributed by atoms with van der Waals surface area (Å²) in [4.78, 5) is 11.4. The molecule has 1 aromatic carbocycles. The molecule has 0 aromatic heterocycles. The van der Waals surface area contributed by atoms with E-state index in [0.29, 0.717) is 12.4 Å². The van der Waals surface area contributed by atoms with Gasteiger partial charge in [0.15, 0.2) is 6.10 Å². The lowest BCUT2D eigenvalue weighted by Gasteiger charge is -2.38. The van der Waals surface area contributed by atoms with E-state index in [-0.39, 0.29) is 18.2 Å². The van der Waals surface area contributed by atoms with E-state index in [9.17, 15) is 4.79 Å². The number of hydrogen-bond acceptors (Lipinski definition) is 4. The van der Waals surface area contributed by atoms with Crippen LogP contribution in [0.2, 0.25) is 0 Å². The molecule has 0 fully saturated rings. The van der Waals surface area contributed by atoms with E-state index in [0.717, 1.165) is 17.5 Å². The average Bonchev–Trinajstić information content (AvgIpc) is 2.44. The fourth-order valence-electron chi connectivity index (χ4n) is 2.87. The van der Waals surface area contributed by atoms with Crippen LogP contribution in [0.5, 0.6) is 0 Å². The predicted octanol–water partition coefficient (Wildman–Crippen LogP) is 3.05. The molecule has 1 aromatic rings. The third kappa shape index (κ3) is 2.31. The number of esters is 1. The lowest BCUT2D eigenvalue weighted by molar-refractivity contribution is -0.149. The number of hydrogen-bond donors (Lipinski definition) is 0. The minimum absolute atomic E-state index is 0.0140. The minimum atomic E-state index is -0.455. The standard InChI is InChI=1S/C16H18O4/c1-3-18-11-8-14-12-6-4-5-7-13(12)16(19-10(2)17)15(9-11)20-14/h4-7,9,11,14,16H,3,8H2,1-2H3/t11-,14-,16-/m1/s1. The Labute approximate surface area is 118 Å². The van der Waals surface area contributed by atoms with Gasteiger partial charge in [-0.25, -0.2) is 0 Å². The monoisotopic (exact) mass is 274 g/mol. The summed E-state index contributed by atoms with van der Waals surface area (Å²) < 4.78 is 17.1. The summed E-state index contributed by atoms with van der Waals surface area (Å²) in [6, 6.07) is 7.96. The largest absolute Gasteiger partial charge is 0.486 e. The summed E-state index contributed by atoms with van der Waals surface area (Å²) in [5.41, 5.74) is 2.10. The van der Waals surface area contributed by atoms with Gasteiger partial charge in [0.05, 0.1) is 6.10 Å². The molecular formula is C16H18O4. The Hall–Kier alpha value is -1.81. The van der Waals surface area contributed by atoms with E-state index in [1.165, 1.54) is 6.92 Å². The van der Waals surface area contributed by atoms with E-state index in [1.807, 2.05) is 37.3 Å². The van der Waals surface area contributed by atoms with Crippen LogP contribution in [0.4, 0.5) is 0 Å². The molecule has 20 heavy (non-hydrogen) atoms. The molecule has 0 unspecified atom stereocenters. The molecule has 2 bridgehead atoms. The van der Waals surface area contributed by atoms with Crippen LogP contribution in [0, 0.1) is 0 Å². The van der Waals surface area contributed by atoms with E-state index in [4.69, 9.17) is 14.2 Å². The Kier molecular flexibility index (Phi) is 3.49. The average molecular weight is 274 g/mol. The van der Waals surface area contributed by atoms with Crippen molar-refractivity contribution in [2.45, 2.75) is 38.6 Å². The second-order valence-electron chi connectivity index (χ2n) is 5.02. The van der Waals surface area contributed by atoms with Crippen molar-refractivity contribution in [3.8, 4) is 0 Å². The Balaban J connectivity index is 2.01. The highest BCUT2D eigenvalue weighted by Crippen LogP contribution is 2.46. The first-order valence-corrected chi connectivity index (χ1v) is 6.95. The summed E-state index contributed by atoms with van der Waals surface area (Å²) in [5.74, 6) is 0.375. The van der Waals surface area contributed by atoms with E-state index >= 15 is 0 Å². The van der Waals surface area contributed by atoms with Gasteiger partial charge in [0.1, 0.15) is 11.9 Å². The van der Waals surface area contributed by atoms with Crippen molar-refractivity contribution in [2.75, 3.05) is 6.61 Å². The van der Waals surface area contributed by atoms with Crippen molar-refractivity contribution >= 4 is 5.97 Å². The zero-order chi connectivity index (χ0) is 14.1. The maximum Gasteiger partial charge on any atom is 0.303 e. The molecule has 4 nitrogen and oxygen atoms in total. The molecule has 0 saturated heterocycles. The van der Waals surface area contributed by atoms with E-state index in [1.54, 1.807) is 0 Å². The Morgan fingerprint density at radius 1 is 1.35 bits per heavy atom. The molecule has 3 atom stereocenters. The maximum absolute atomic E-state index is 11.4. The zero-order valence-electron chi connectivity index (χ0n) is 11.7. The molecule has 0 aliphatic carbocycles. The maximum atomic E-state index is 11.4. The summed E-state index contributed by atoms with van der Waals surface area (Å²) in [5, 5.41) is 0. The third-order valence-corrected chi connectivity index (χ3v) is 3.62. The topological polar surface area (TPSA) is 44.8 Å². The van der Waals surface area contributed by atoms with E-state index < -0.39 is 6.10 Å². The van der Waals surface area contributed by atoms with Crippen molar-refractivity contribution in [2.24, 2.45) is 0 Å². The summed E-state index contributed by atoms with van der Waals surface area (Å²) in [6.07, 6.45) is 2.27. The molecule has 0 saturated carbocycles.